The molecule has 98 valence electrons. The predicted molar refractivity (Wildman–Crippen MR) is 69.5 cm³/mol. The minimum Gasteiger partial charge on any atom is -0.397 e. The molecule has 1 heterocycles. The Morgan fingerprint density at radius 1 is 1.33 bits per heavy atom. The number of hydrogen-bond donors (Lipinski definition) is 2. The van der Waals surface area contributed by atoms with Crippen LogP contribution in [0.2, 0.25) is 0 Å². The third-order valence-electron chi connectivity index (χ3n) is 3.03. The first-order valence-corrected chi connectivity index (χ1v) is 5.95. The zero-order valence-corrected chi connectivity index (χ0v) is 10.7. The third kappa shape index (κ3) is 2.80. The van der Waals surface area contributed by atoms with Crippen LogP contribution < -0.4 is 11.1 Å². The van der Waals surface area contributed by atoms with Gasteiger partial charge in [0.2, 0.25) is 0 Å². The molecule has 1 aliphatic heterocycles. The molecule has 1 aromatic rings. The van der Waals surface area contributed by atoms with Crippen molar-refractivity contribution in [2.45, 2.75) is 20.0 Å². The van der Waals surface area contributed by atoms with E-state index in [9.17, 15) is 4.79 Å². The number of amides is 1. The fraction of sp³-hybridized carbons (Fsp3) is 0.462. The summed E-state index contributed by atoms with van der Waals surface area (Å²) in [6.45, 7) is 5.23. The van der Waals surface area contributed by atoms with Gasteiger partial charge in [-0.3, -0.25) is 4.79 Å². The molecule has 0 spiro atoms. The molecule has 5 nitrogen and oxygen atoms in total. The second kappa shape index (κ2) is 5.37. The number of rotatable bonds is 2. The first-order chi connectivity index (χ1) is 8.58. The van der Waals surface area contributed by atoms with Crippen molar-refractivity contribution in [2.75, 3.05) is 30.9 Å². The van der Waals surface area contributed by atoms with Crippen LogP contribution in [0, 0.1) is 13.8 Å². The van der Waals surface area contributed by atoms with E-state index in [1.54, 1.807) is 0 Å². The molecule has 0 radical (unpaired) electrons. The molecule has 1 aromatic carbocycles. The number of nitrogens with two attached hydrogens (primary N) is 1. The van der Waals surface area contributed by atoms with Gasteiger partial charge in [0.1, 0.15) is 0 Å². The van der Waals surface area contributed by atoms with Crippen LogP contribution in [0.3, 0.4) is 0 Å². The minimum atomic E-state index is -0.556. The van der Waals surface area contributed by atoms with Crippen molar-refractivity contribution in [3.05, 3.63) is 23.3 Å². The Labute approximate surface area is 106 Å². The smallest absolute Gasteiger partial charge is 0.255 e. The third-order valence-corrected chi connectivity index (χ3v) is 3.03. The van der Waals surface area contributed by atoms with Gasteiger partial charge in [0.25, 0.3) is 5.91 Å². The Morgan fingerprint density at radius 2 is 2.06 bits per heavy atom. The summed E-state index contributed by atoms with van der Waals surface area (Å²) in [5, 5.41) is 2.78. The highest BCUT2D eigenvalue weighted by Crippen LogP contribution is 2.23. The van der Waals surface area contributed by atoms with Gasteiger partial charge in [-0.1, -0.05) is 0 Å². The van der Waals surface area contributed by atoms with Gasteiger partial charge >= 0.3 is 0 Å². The molecule has 2 rings (SSSR count). The number of carbonyl (C=O) groups is 1. The lowest BCUT2D eigenvalue weighted by Gasteiger charge is -2.22. The SMILES string of the molecule is Cc1cc(N)c(NC(=O)C2COCCO2)cc1C. The van der Waals surface area contributed by atoms with E-state index in [-0.39, 0.29) is 12.5 Å². The Bertz CT molecular complexity index is 454. The molecule has 0 aliphatic carbocycles. The van der Waals surface area contributed by atoms with Gasteiger partial charge in [0.05, 0.1) is 31.2 Å². The van der Waals surface area contributed by atoms with E-state index in [1.807, 2.05) is 26.0 Å². The molecule has 1 fully saturated rings. The number of carbonyl (C=O) groups excluding carboxylic acids is 1. The summed E-state index contributed by atoms with van der Waals surface area (Å²) in [6, 6.07) is 3.72. The molecule has 1 amide bonds. The number of benzene rings is 1. The Balaban J connectivity index is 2.08. The summed E-state index contributed by atoms with van der Waals surface area (Å²) in [5.41, 5.74) is 9.25. The molecule has 0 saturated carbocycles. The zero-order valence-electron chi connectivity index (χ0n) is 10.7. The summed E-state index contributed by atoms with van der Waals surface area (Å²) in [6.07, 6.45) is -0.556. The van der Waals surface area contributed by atoms with Crippen LogP contribution >= 0.6 is 0 Å². The van der Waals surface area contributed by atoms with Gasteiger partial charge in [-0.15, -0.1) is 0 Å². The largest absolute Gasteiger partial charge is 0.397 e. The van der Waals surface area contributed by atoms with Crippen LogP contribution in [0.1, 0.15) is 11.1 Å². The lowest BCUT2D eigenvalue weighted by molar-refractivity contribution is -0.142. The first-order valence-electron chi connectivity index (χ1n) is 5.95. The molecular formula is C13H18N2O3. The predicted octanol–water partition coefficient (Wildman–Crippen LogP) is 1.24. The molecule has 1 unspecified atom stereocenters. The standard InChI is InChI=1S/C13H18N2O3/c1-8-5-10(14)11(6-9(8)2)15-13(16)12-7-17-3-4-18-12/h5-6,12H,3-4,7,14H2,1-2H3,(H,15,16). The molecule has 1 saturated heterocycles. The van der Waals surface area contributed by atoms with Crippen molar-refractivity contribution in [2.24, 2.45) is 0 Å². The van der Waals surface area contributed by atoms with Crippen molar-refractivity contribution in [3.63, 3.8) is 0 Å². The van der Waals surface area contributed by atoms with E-state index in [0.29, 0.717) is 24.6 Å². The van der Waals surface area contributed by atoms with Crippen LogP contribution in [0.15, 0.2) is 12.1 Å². The topological polar surface area (TPSA) is 73.6 Å². The van der Waals surface area contributed by atoms with Crippen LogP contribution in [-0.2, 0) is 14.3 Å². The number of anilines is 2. The molecule has 1 atom stereocenters. The average Bonchev–Trinajstić information content (AvgIpc) is 2.37. The molecule has 0 aromatic heterocycles. The van der Waals surface area contributed by atoms with Crippen molar-refractivity contribution in [1.82, 2.24) is 0 Å². The van der Waals surface area contributed by atoms with Crippen molar-refractivity contribution < 1.29 is 14.3 Å². The van der Waals surface area contributed by atoms with Crippen LogP contribution in [0.4, 0.5) is 11.4 Å². The molecule has 0 bridgehead atoms. The van der Waals surface area contributed by atoms with Crippen LogP contribution in [0.5, 0.6) is 0 Å². The lowest BCUT2D eigenvalue weighted by atomic mass is 10.1. The van der Waals surface area contributed by atoms with Gasteiger partial charge in [0, 0.05) is 0 Å². The summed E-state index contributed by atoms with van der Waals surface area (Å²) in [4.78, 5) is 11.9. The highest BCUT2D eigenvalue weighted by molar-refractivity contribution is 5.97. The highest BCUT2D eigenvalue weighted by Gasteiger charge is 2.23. The quantitative estimate of drug-likeness (QED) is 0.774. The molecule has 5 heteroatoms. The summed E-state index contributed by atoms with van der Waals surface area (Å²) in [7, 11) is 0. The van der Waals surface area contributed by atoms with Gasteiger partial charge in [-0.2, -0.15) is 0 Å². The van der Waals surface area contributed by atoms with E-state index in [4.69, 9.17) is 15.2 Å². The van der Waals surface area contributed by atoms with Gasteiger partial charge in [-0.05, 0) is 37.1 Å². The monoisotopic (exact) mass is 250 g/mol. The van der Waals surface area contributed by atoms with Crippen molar-refractivity contribution in [1.29, 1.82) is 0 Å². The molecular weight excluding hydrogens is 232 g/mol. The van der Waals surface area contributed by atoms with Gasteiger partial charge in [-0.25, -0.2) is 0 Å². The molecule has 18 heavy (non-hydrogen) atoms. The summed E-state index contributed by atoms with van der Waals surface area (Å²) >= 11 is 0. The average molecular weight is 250 g/mol. The summed E-state index contributed by atoms with van der Waals surface area (Å²) in [5.74, 6) is -0.218. The second-order valence-electron chi connectivity index (χ2n) is 4.45. The van der Waals surface area contributed by atoms with Crippen LogP contribution in [0.25, 0.3) is 0 Å². The van der Waals surface area contributed by atoms with Gasteiger partial charge in [0.15, 0.2) is 6.10 Å². The van der Waals surface area contributed by atoms with E-state index in [0.717, 1.165) is 11.1 Å². The maximum atomic E-state index is 11.9. The highest BCUT2D eigenvalue weighted by atomic mass is 16.6. The Hall–Kier alpha value is -1.59. The van der Waals surface area contributed by atoms with Gasteiger partial charge < -0.3 is 20.5 Å². The zero-order chi connectivity index (χ0) is 13.1. The fourth-order valence-electron chi connectivity index (χ4n) is 1.80. The number of ether oxygens (including phenoxy) is 2. The number of aryl methyl sites for hydroxylation is 2. The summed E-state index contributed by atoms with van der Waals surface area (Å²) < 4.78 is 10.5. The number of hydrogen-bond acceptors (Lipinski definition) is 4. The lowest BCUT2D eigenvalue weighted by Crippen LogP contribution is -2.39. The van der Waals surface area contributed by atoms with E-state index < -0.39 is 6.10 Å². The van der Waals surface area contributed by atoms with E-state index in [1.165, 1.54) is 0 Å². The molecule has 3 N–H and O–H groups in total. The number of nitrogen functional groups attached to an aromatic ring is 1. The normalized spacial score (nSPS) is 19.6. The van der Waals surface area contributed by atoms with Crippen LogP contribution in [-0.4, -0.2) is 31.8 Å². The van der Waals surface area contributed by atoms with Crippen molar-refractivity contribution in [3.8, 4) is 0 Å². The first kappa shape index (κ1) is 12.9. The maximum Gasteiger partial charge on any atom is 0.255 e. The maximum absolute atomic E-state index is 11.9. The second-order valence-corrected chi connectivity index (χ2v) is 4.45. The number of nitrogens with one attached hydrogen (secondary N) is 1. The van der Waals surface area contributed by atoms with E-state index in [2.05, 4.69) is 5.32 Å². The Kier molecular flexibility index (Phi) is 3.84. The Morgan fingerprint density at radius 3 is 2.72 bits per heavy atom. The minimum absolute atomic E-state index is 0.218. The van der Waals surface area contributed by atoms with Crippen molar-refractivity contribution >= 4 is 17.3 Å². The fourth-order valence-corrected chi connectivity index (χ4v) is 1.80. The molecule has 1 aliphatic rings. The van der Waals surface area contributed by atoms with E-state index >= 15 is 0 Å².